The summed E-state index contributed by atoms with van der Waals surface area (Å²) >= 11 is 0. The first-order valence-corrected chi connectivity index (χ1v) is 4.23. The first-order chi connectivity index (χ1) is 6.36. The van der Waals surface area contributed by atoms with E-state index in [-0.39, 0.29) is 6.42 Å². The van der Waals surface area contributed by atoms with Crippen molar-refractivity contribution in [2.75, 3.05) is 14.2 Å². The molecule has 0 spiro atoms. The van der Waals surface area contributed by atoms with Gasteiger partial charge in [0.1, 0.15) is 0 Å². The van der Waals surface area contributed by atoms with Crippen LogP contribution in [0.25, 0.3) is 0 Å². The lowest BCUT2D eigenvalue weighted by Gasteiger charge is -2.26. The van der Waals surface area contributed by atoms with Crippen LogP contribution in [0, 0.1) is 5.92 Å². The zero-order valence-electron chi connectivity index (χ0n) is 8.86. The lowest BCUT2D eigenvalue weighted by Crippen LogP contribution is -2.43. The molecule has 0 aliphatic carbocycles. The molecule has 5 heteroatoms. The fraction of sp³-hybridized carbons (Fsp3) is 0.778. The third-order valence-electron chi connectivity index (χ3n) is 2.26. The van der Waals surface area contributed by atoms with E-state index in [9.17, 15) is 14.7 Å². The summed E-state index contributed by atoms with van der Waals surface area (Å²) in [5, 5.41) is 9.71. The molecule has 0 heterocycles. The van der Waals surface area contributed by atoms with Gasteiger partial charge in [-0.25, -0.2) is 4.79 Å². The minimum Gasteiger partial charge on any atom is -0.469 e. The highest BCUT2D eigenvalue weighted by molar-refractivity contribution is 5.80. The van der Waals surface area contributed by atoms with Gasteiger partial charge in [-0.1, -0.05) is 6.92 Å². The molecule has 1 N–H and O–H groups in total. The second kappa shape index (κ2) is 4.95. The molecule has 0 aromatic rings. The fourth-order valence-corrected chi connectivity index (χ4v) is 0.940. The molecule has 0 saturated carbocycles. The zero-order chi connectivity index (χ0) is 11.4. The van der Waals surface area contributed by atoms with Crippen molar-refractivity contribution in [2.24, 2.45) is 5.92 Å². The Morgan fingerprint density at radius 2 is 1.86 bits per heavy atom. The minimum atomic E-state index is -1.66. The topological polar surface area (TPSA) is 72.8 Å². The summed E-state index contributed by atoms with van der Waals surface area (Å²) in [6.07, 6.45) is -0.0292. The lowest BCUT2D eigenvalue weighted by atomic mass is 9.88. The molecule has 2 atom stereocenters. The number of esters is 2. The van der Waals surface area contributed by atoms with E-state index >= 15 is 0 Å². The van der Waals surface area contributed by atoms with Crippen LogP contribution in [0.15, 0.2) is 0 Å². The average molecular weight is 204 g/mol. The molecule has 0 aliphatic heterocycles. The molecular weight excluding hydrogens is 188 g/mol. The molecule has 0 rings (SSSR count). The lowest BCUT2D eigenvalue weighted by molar-refractivity contribution is -0.167. The summed E-state index contributed by atoms with van der Waals surface area (Å²) in [6, 6.07) is 0. The molecule has 0 bridgehead atoms. The quantitative estimate of drug-likeness (QED) is 0.658. The van der Waals surface area contributed by atoms with E-state index < -0.39 is 23.5 Å². The number of rotatable bonds is 4. The molecule has 82 valence electrons. The Balaban J connectivity index is 4.42. The first-order valence-electron chi connectivity index (χ1n) is 4.23. The van der Waals surface area contributed by atoms with Crippen molar-refractivity contribution in [3.05, 3.63) is 0 Å². The van der Waals surface area contributed by atoms with Gasteiger partial charge in [0, 0.05) is 5.92 Å². The van der Waals surface area contributed by atoms with Gasteiger partial charge in [0.15, 0.2) is 5.60 Å². The van der Waals surface area contributed by atoms with Crippen molar-refractivity contribution in [1.29, 1.82) is 0 Å². The fourth-order valence-electron chi connectivity index (χ4n) is 0.940. The zero-order valence-corrected chi connectivity index (χ0v) is 8.86. The van der Waals surface area contributed by atoms with E-state index in [2.05, 4.69) is 9.47 Å². The maximum absolute atomic E-state index is 11.1. The monoisotopic (exact) mass is 204 g/mol. The van der Waals surface area contributed by atoms with E-state index in [0.717, 1.165) is 0 Å². The van der Waals surface area contributed by atoms with Gasteiger partial charge in [0.2, 0.25) is 0 Å². The Labute approximate surface area is 83.0 Å². The number of carbonyl (C=O) groups is 2. The summed E-state index contributed by atoms with van der Waals surface area (Å²) in [6.45, 7) is 2.89. The van der Waals surface area contributed by atoms with Crippen LogP contribution >= 0.6 is 0 Å². The van der Waals surface area contributed by atoms with Gasteiger partial charge in [0.25, 0.3) is 0 Å². The Morgan fingerprint density at radius 3 is 2.21 bits per heavy atom. The maximum atomic E-state index is 11.1. The van der Waals surface area contributed by atoms with Crippen molar-refractivity contribution >= 4 is 11.9 Å². The minimum absolute atomic E-state index is 0.0292. The maximum Gasteiger partial charge on any atom is 0.337 e. The van der Waals surface area contributed by atoms with Gasteiger partial charge in [-0.05, 0) is 6.92 Å². The van der Waals surface area contributed by atoms with Crippen LogP contribution in [0.2, 0.25) is 0 Å². The molecule has 0 unspecified atom stereocenters. The molecule has 5 nitrogen and oxygen atoms in total. The van der Waals surface area contributed by atoms with Crippen LogP contribution in [0.5, 0.6) is 0 Å². The van der Waals surface area contributed by atoms with Crippen molar-refractivity contribution in [3.8, 4) is 0 Å². The molecule has 0 aromatic heterocycles. The van der Waals surface area contributed by atoms with Crippen molar-refractivity contribution in [2.45, 2.75) is 25.9 Å². The van der Waals surface area contributed by atoms with Gasteiger partial charge in [0.05, 0.1) is 20.6 Å². The van der Waals surface area contributed by atoms with Crippen molar-refractivity contribution < 1.29 is 24.2 Å². The van der Waals surface area contributed by atoms with Crippen LogP contribution in [0.1, 0.15) is 20.3 Å². The number of methoxy groups -OCH3 is 2. The van der Waals surface area contributed by atoms with Gasteiger partial charge in [-0.2, -0.15) is 0 Å². The normalized spacial score (nSPS) is 16.6. The summed E-state index contributed by atoms with van der Waals surface area (Å²) in [5.41, 5.74) is -1.66. The van der Waals surface area contributed by atoms with Crippen molar-refractivity contribution in [3.63, 3.8) is 0 Å². The number of carbonyl (C=O) groups excluding carboxylic acids is 2. The molecule has 0 saturated heterocycles. The summed E-state index contributed by atoms with van der Waals surface area (Å²) in [7, 11) is 2.43. The molecule has 0 amide bonds. The summed E-state index contributed by atoms with van der Waals surface area (Å²) in [4.78, 5) is 22.0. The smallest absolute Gasteiger partial charge is 0.337 e. The van der Waals surface area contributed by atoms with Crippen LogP contribution in [0.4, 0.5) is 0 Å². The Kier molecular flexibility index (Phi) is 4.56. The standard InChI is InChI=1S/C9H16O5/c1-6(5-7(10)13-3)9(2,12)8(11)14-4/h6,12H,5H2,1-4H3/t6-,9+/m0/s1. The van der Waals surface area contributed by atoms with E-state index in [4.69, 9.17) is 0 Å². The Bertz CT molecular complexity index is 221. The largest absolute Gasteiger partial charge is 0.469 e. The summed E-state index contributed by atoms with van der Waals surface area (Å²) < 4.78 is 8.84. The number of hydrogen-bond acceptors (Lipinski definition) is 5. The van der Waals surface area contributed by atoms with Crippen molar-refractivity contribution in [1.82, 2.24) is 0 Å². The number of hydrogen-bond donors (Lipinski definition) is 1. The van der Waals surface area contributed by atoms with Gasteiger partial charge in [-0.15, -0.1) is 0 Å². The second-order valence-electron chi connectivity index (χ2n) is 3.32. The third-order valence-corrected chi connectivity index (χ3v) is 2.26. The van der Waals surface area contributed by atoms with Crippen LogP contribution in [0.3, 0.4) is 0 Å². The van der Waals surface area contributed by atoms with E-state index in [1.54, 1.807) is 6.92 Å². The number of aliphatic hydroxyl groups is 1. The van der Waals surface area contributed by atoms with Gasteiger partial charge in [-0.3, -0.25) is 4.79 Å². The molecule has 0 radical (unpaired) electrons. The predicted molar refractivity (Wildman–Crippen MR) is 48.4 cm³/mol. The van der Waals surface area contributed by atoms with E-state index in [1.807, 2.05) is 0 Å². The van der Waals surface area contributed by atoms with Gasteiger partial charge >= 0.3 is 11.9 Å². The average Bonchev–Trinajstić information content (AvgIpc) is 2.15. The predicted octanol–water partition coefficient (Wildman–Crippen LogP) is 0.110. The van der Waals surface area contributed by atoms with E-state index in [1.165, 1.54) is 21.1 Å². The molecule has 0 aliphatic rings. The highest BCUT2D eigenvalue weighted by Crippen LogP contribution is 2.21. The van der Waals surface area contributed by atoms with Crippen LogP contribution in [-0.4, -0.2) is 36.9 Å². The Morgan fingerprint density at radius 1 is 1.36 bits per heavy atom. The van der Waals surface area contributed by atoms with Crippen LogP contribution < -0.4 is 0 Å². The molecule has 0 aromatic carbocycles. The molecule has 0 fully saturated rings. The van der Waals surface area contributed by atoms with E-state index in [0.29, 0.717) is 0 Å². The highest BCUT2D eigenvalue weighted by atomic mass is 16.5. The summed E-state index contributed by atoms with van der Waals surface area (Å²) in [5.74, 6) is -1.78. The first kappa shape index (κ1) is 12.9. The molecular formula is C9H16O5. The van der Waals surface area contributed by atoms with Gasteiger partial charge < -0.3 is 14.6 Å². The Hall–Kier alpha value is -1.10. The number of ether oxygens (including phenoxy) is 2. The third kappa shape index (κ3) is 2.99. The highest BCUT2D eigenvalue weighted by Gasteiger charge is 2.38. The van der Waals surface area contributed by atoms with Crippen LogP contribution in [-0.2, 0) is 19.1 Å². The SMILES string of the molecule is COC(=O)C[C@H](C)[C@@](C)(O)C(=O)OC. The second-order valence-corrected chi connectivity index (χ2v) is 3.32. The molecule has 14 heavy (non-hydrogen) atoms.